The largest absolute Gasteiger partial charge is 0.375 e. The minimum Gasteiger partial charge on any atom is -0.375 e. The Hall–Kier alpha value is -0.610. The van der Waals surface area contributed by atoms with E-state index in [1.165, 1.54) is 30.6 Å². The van der Waals surface area contributed by atoms with Crippen LogP contribution in [0.5, 0.6) is 0 Å². The summed E-state index contributed by atoms with van der Waals surface area (Å²) in [6.07, 6.45) is 7.36. The van der Waals surface area contributed by atoms with E-state index in [0.717, 1.165) is 18.5 Å². The number of aromatic nitrogens is 1. The van der Waals surface area contributed by atoms with Crippen LogP contribution >= 0.6 is 11.3 Å². The first-order valence-corrected chi connectivity index (χ1v) is 6.87. The summed E-state index contributed by atoms with van der Waals surface area (Å²) in [6, 6.07) is 0.743. The molecule has 2 rings (SSSR count). The Morgan fingerprint density at radius 3 is 3.00 bits per heavy atom. The smallest absolute Gasteiger partial charge is 0.180 e. The van der Waals surface area contributed by atoms with Crippen LogP contribution in [0.3, 0.4) is 0 Å². The van der Waals surface area contributed by atoms with Gasteiger partial charge in [0, 0.05) is 23.7 Å². The lowest BCUT2D eigenvalue weighted by molar-refractivity contribution is 0.159. The molecule has 2 atom stereocenters. The summed E-state index contributed by atoms with van der Waals surface area (Å²) in [4.78, 5) is 7.84. The maximum Gasteiger partial charge on any atom is 0.180 e. The monoisotopic (exact) mass is 239 g/mol. The van der Waals surface area contributed by atoms with E-state index in [1.807, 2.05) is 6.20 Å². The molecule has 0 aliphatic heterocycles. The van der Waals surface area contributed by atoms with Gasteiger partial charge in [0.05, 0.1) is 0 Å². The number of thiazole rings is 1. The molecule has 0 amide bonds. The van der Waals surface area contributed by atoms with Gasteiger partial charge in [-0.3, -0.25) is 4.90 Å². The van der Waals surface area contributed by atoms with Gasteiger partial charge < -0.3 is 5.73 Å². The fourth-order valence-electron chi connectivity index (χ4n) is 2.57. The molecule has 1 aromatic heterocycles. The molecule has 2 N–H and O–H groups in total. The minimum absolute atomic E-state index is 0.681. The van der Waals surface area contributed by atoms with Crippen LogP contribution in [0.4, 0.5) is 5.13 Å². The second kappa shape index (κ2) is 5.15. The first-order valence-electron chi connectivity index (χ1n) is 6.05. The maximum absolute atomic E-state index is 5.64. The van der Waals surface area contributed by atoms with Crippen molar-refractivity contribution in [1.82, 2.24) is 9.88 Å². The molecule has 0 radical (unpaired) electrons. The molecule has 0 saturated heterocycles. The molecule has 90 valence electrons. The molecule has 1 fully saturated rings. The molecule has 1 aromatic rings. The van der Waals surface area contributed by atoms with Crippen LogP contribution in [-0.4, -0.2) is 23.0 Å². The van der Waals surface area contributed by atoms with Gasteiger partial charge in [-0.05, 0) is 25.8 Å². The third-order valence-corrected chi connectivity index (χ3v) is 4.32. The van der Waals surface area contributed by atoms with E-state index in [2.05, 4.69) is 23.9 Å². The predicted octanol–water partition coefficient (Wildman–Crippen LogP) is 2.74. The van der Waals surface area contributed by atoms with Crippen LogP contribution in [0.15, 0.2) is 6.20 Å². The van der Waals surface area contributed by atoms with E-state index in [1.54, 1.807) is 11.3 Å². The summed E-state index contributed by atoms with van der Waals surface area (Å²) in [5, 5.41) is 0.681. The van der Waals surface area contributed by atoms with E-state index in [4.69, 9.17) is 5.73 Å². The number of nitrogens with two attached hydrogens (primary N) is 1. The molecule has 1 heterocycles. The Morgan fingerprint density at radius 2 is 2.38 bits per heavy atom. The van der Waals surface area contributed by atoms with Crippen molar-refractivity contribution in [2.75, 3.05) is 12.8 Å². The van der Waals surface area contributed by atoms with Crippen LogP contribution in [0, 0.1) is 5.92 Å². The Kier molecular flexibility index (Phi) is 3.82. The highest BCUT2D eigenvalue weighted by molar-refractivity contribution is 7.15. The SMILES string of the molecule is CC1CCCC(N(C)Cc2cnc(N)s2)C1. The number of hydrogen-bond donors (Lipinski definition) is 1. The highest BCUT2D eigenvalue weighted by Gasteiger charge is 2.22. The lowest BCUT2D eigenvalue weighted by Gasteiger charge is -2.33. The van der Waals surface area contributed by atoms with Gasteiger partial charge in [-0.1, -0.05) is 19.8 Å². The molecule has 16 heavy (non-hydrogen) atoms. The molecule has 2 unspecified atom stereocenters. The summed E-state index contributed by atoms with van der Waals surface area (Å²) >= 11 is 1.61. The van der Waals surface area contributed by atoms with Crippen LogP contribution in [0.25, 0.3) is 0 Å². The summed E-state index contributed by atoms with van der Waals surface area (Å²) in [5.74, 6) is 0.882. The van der Waals surface area contributed by atoms with Gasteiger partial charge in [-0.25, -0.2) is 4.98 Å². The molecule has 3 nitrogen and oxygen atoms in total. The Morgan fingerprint density at radius 1 is 1.56 bits per heavy atom. The molecular formula is C12H21N3S. The van der Waals surface area contributed by atoms with Crippen molar-refractivity contribution in [3.8, 4) is 0 Å². The zero-order valence-corrected chi connectivity index (χ0v) is 11.0. The fraction of sp³-hybridized carbons (Fsp3) is 0.750. The highest BCUT2D eigenvalue weighted by Crippen LogP contribution is 2.28. The zero-order valence-electron chi connectivity index (χ0n) is 10.1. The van der Waals surface area contributed by atoms with Gasteiger partial charge in [0.25, 0.3) is 0 Å². The third-order valence-electron chi connectivity index (χ3n) is 3.51. The average molecular weight is 239 g/mol. The molecule has 4 heteroatoms. The number of hydrogen-bond acceptors (Lipinski definition) is 4. The number of anilines is 1. The van der Waals surface area contributed by atoms with Gasteiger partial charge in [-0.15, -0.1) is 11.3 Å². The van der Waals surface area contributed by atoms with Crippen molar-refractivity contribution in [1.29, 1.82) is 0 Å². The van der Waals surface area contributed by atoms with E-state index in [-0.39, 0.29) is 0 Å². The summed E-state index contributed by atoms with van der Waals surface area (Å²) in [6.45, 7) is 3.36. The lowest BCUT2D eigenvalue weighted by Crippen LogP contribution is -2.34. The lowest BCUT2D eigenvalue weighted by atomic mass is 9.86. The third kappa shape index (κ3) is 2.95. The van der Waals surface area contributed by atoms with Gasteiger partial charge in [0.2, 0.25) is 0 Å². The van der Waals surface area contributed by atoms with Crippen LogP contribution < -0.4 is 5.73 Å². The zero-order chi connectivity index (χ0) is 11.5. The van der Waals surface area contributed by atoms with E-state index < -0.39 is 0 Å². The Bertz CT molecular complexity index is 337. The first kappa shape index (κ1) is 11.9. The molecule has 0 bridgehead atoms. The van der Waals surface area contributed by atoms with Crippen molar-refractivity contribution in [2.45, 2.75) is 45.2 Å². The molecule has 1 aliphatic rings. The number of nitrogen functional groups attached to an aromatic ring is 1. The molecule has 1 aliphatic carbocycles. The summed E-state index contributed by atoms with van der Waals surface area (Å²) < 4.78 is 0. The summed E-state index contributed by atoms with van der Waals surface area (Å²) in [5.41, 5.74) is 5.64. The Balaban J connectivity index is 1.89. The normalized spacial score (nSPS) is 26.2. The number of rotatable bonds is 3. The van der Waals surface area contributed by atoms with Crippen molar-refractivity contribution < 1.29 is 0 Å². The first-order chi connectivity index (χ1) is 7.65. The molecule has 0 spiro atoms. The van der Waals surface area contributed by atoms with Crippen molar-refractivity contribution in [2.24, 2.45) is 5.92 Å². The topological polar surface area (TPSA) is 42.2 Å². The molecular weight excluding hydrogens is 218 g/mol. The van der Waals surface area contributed by atoms with Gasteiger partial charge in [0.15, 0.2) is 5.13 Å². The second-order valence-electron chi connectivity index (χ2n) is 5.01. The van der Waals surface area contributed by atoms with Gasteiger partial charge >= 0.3 is 0 Å². The van der Waals surface area contributed by atoms with E-state index in [0.29, 0.717) is 5.13 Å². The van der Waals surface area contributed by atoms with Gasteiger partial charge in [0.1, 0.15) is 0 Å². The quantitative estimate of drug-likeness (QED) is 0.882. The van der Waals surface area contributed by atoms with Crippen molar-refractivity contribution in [3.05, 3.63) is 11.1 Å². The number of nitrogens with zero attached hydrogens (tertiary/aromatic N) is 2. The fourth-order valence-corrected chi connectivity index (χ4v) is 3.32. The molecule has 0 aromatic carbocycles. The van der Waals surface area contributed by atoms with Gasteiger partial charge in [-0.2, -0.15) is 0 Å². The summed E-state index contributed by atoms with van der Waals surface area (Å²) in [7, 11) is 2.22. The van der Waals surface area contributed by atoms with Crippen molar-refractivity contribution in [3.63, 3.8) is 0 Å². The second-order valence-corrected chi connectivity index (χ2v) is 6.15. The maximum atomic E-state index is 5.64. The van der Waals surface area contributed by atoms with Crippen LogP contribution in [0.2, 0.25) is 0 Å². The minimum atomic E-state index is 0.681. The van der Waals surface area contributed by atoms with E-state index in [9.17, 15) is 0 Å². The van der Waals surface area contributed by atoms with Crippen molar-refractivity contribution >= 4 is 16.5 Å². The van der Waals surface area contributed by atoms with Crippen LogP contribution in [0.1, 0.15) is 37.5 Å². The Labute approximate surface area is 102 Å². The average Bonchev–Trinajstić information content (AvgIpc) is 2.64. The van der Waals surface area contributed by atoms with E-state index >= 15 is 0 Å². The predicted molar refractivity (Wildman–Crippen MR) is 69.4 cm³/mol. The van der Waals surface area contributed by atoms with Crippen LogP contribution in [-0.2, 0) is 6.54 Å². The molecule has 1 saturated carbocycles. The standard InChI is InChI=1S/C12H21N3S/c1-9-4-3-5-10(6-9)15(2)8-11-7-14-12(13)16-11/h7,9-10H,3-6,8H2,1-2H3,(H2,13,14). The highest BCUT2D eigenvalue weighted by atomic mass is 32.1.